The van der Waals surface area contributed by atoms with Crippen LogP contribution in [0.1, 0.15) is 13.3 Å². The van der Waals surface area contributed by atoms with Crippen molar-refractivity contribution in [1.82, 2.24) is 0 Å². The van der Waals surface area contributed by atoms with Gasteiger partial charge in [-0.3, -0.25) is 9.59 Å². The van der Waals surface area contributed by atoms with E-state index in [0.717, 1.165) is 5.69 Å². The molecule has 17 heavy (non-hydrogen) atoms. The van der Waals surface area contributed by atoms with Gasteiger partial charge in [-0.15, -0.1) is 0 Å². The molecular formula is C12H14N2O3. The first-order chi connectivity index (χ1) is 8.06. The van der Waals surface area contributed by atoms with Crippen molar-refractivity contribution in [3.63, 3.8) is 0 Å². The summed E-state index contributed by atoms with van der Waals surface area (Å²) >= 11 is 0. The topological polar surface area (TPSA) is 69.6 Å². The van der Waals surface area contributed by atoms with Gasteiger partial charge in [0.2, 0.25) is 11.8 Å². The molecule has 2 rings (SSSR count). The van der Waals surface area contributed by atoms with E-state index >= 15 is 0 Å². The number of hydrogen-bond acceptors (Lipinski definition) is 3. The number of rotatable bonds is 2. The van der Waals surface area contributed by atoms with Crippen LogP contribution in [-0.4, -0.2) is 29.6 Å². The van der Waals surface area contributed by atoms with Crippen molar-refractivity contribution < 1.29 is 14.7 Å². The summed E-state index contributed by atoms with van der Waals surface area (Å²) < 4.78 is 0. The van der Waals surface area contributed by atoms with Gasteiger partial charge in [0.05, 0.1) is 19.1 Å². The van der Waals surface area contributed by atoms with Crippen molar-refractivity contribution in [2.75, 3.05) is 16.8 Å². The van der Waals surface area contributed by atoms with Gasteiger partial charge in [0.1, 0.15) is 0 Å². The lowest BCUT2D eigenvalue weighted by Crippen LogP contribution is -2.25. The molecule has 0 saturated carbocycles. The average molecular weight is 234 g/mol. The van der Waals surface area contributed by atoms with Gasteiger partial charge in [0.25, 0.3) is 0 Å². The van der Waals surface area contributed by atoms with Crippen molar-refractivity contribution in [3.8, 4) is 0 Å². The number of anilines is 2. The van der Waals surface area contributed by atoms with Crippen LogP contribution in [0.2, 0.25) is 0 Å². The molecule has 2 N–H and O–H groups in total. The highest BCUT2D eigenvalue weighted by atomic mass is 16.3. The molecule has 1 unspecified atom stereocenters. The molecule has 0 aromatic heterocycles. The highest BCUT2D eigenvalue weighted by molar-refractivity contribution is 5.96. The van der Waals surface area contributed by atoms with E-state index in [9.17, 15) is 14.7 Å². The number of amides is 2. The number of nitrogens with one attached hydrogen (secondary N) is 1. The van der Waals surface area contributed by atoms with Crippen LogP contribution in [0.25, 0.3) is 0 Å². The number of nitrogens with zero attached hydrogens (tertiary/aromatic N) is 1. The lowest BCUT2D eigenvalue weighted by Gasteiger charge is -2.16. The van der Waals surface area contributed by atoms with Crippen LogP contribution in [0.5, 0.6) is 0 Å². The number of carbonyl (C=O) groups excluding carboxylic acids is 2. The van der Waals surface area contributed by atoms with E-state index in [2.05, 4.69) is 5.32 Å². The number of carbonyl (C=O) groups is 2. The van der Waals surface area contributed by atoms with Gasteiger partial charge < -0.3 is 15.3 Å². The second kappa shape index (κ2) is 4.55. The lowest BCUT2D eigenvalue weighted by atomic mass is 10.2. The fraction of sp³-hybridized carbons (Fsp3) is 0.333. The summed E-state index contributed by atoms with van der Waals surface area (Å²) in [4.78, 5) is 23.9. The number of hydrogen-bond donors (Lipinski definition) is 2. The Kier molecular flexibility index (Phi) is 3.10. The monoisotopic (exact) mass is 234 g/mol. The van der Waals surface area contributed by atoms with Gasteiger partial charge in [-0.1, -0.05) is 0 Å². The van der Waals surface area contributed by atoms with Crippen molar-refractivity contribution in [2.45, 2.75) is 19.4 Å². The van der Waals surface area contributed by atoms with Crippen molar-refractivity contribution in [1.29, 1.82) is 0 Å². The molecule has 5 nitrogen and oxygen atoms in total. The zero-order valence-corrected chi connectivity index (χ0v) is 9.51. The third-order valence-electron chi connectivity index (χ3n) is 2.60. The number of benzene rings is 1. The summed E-state index contributed by atoms with van der Waals surface area (Å²) in [7, 11) is 0. The predicted octanol–water partition coefficient (Wildman–Crippen LogP) is 0.743. The molecule has 0 aliphatic carbocycles. The van der Waals surface area contributed by atoms with E-state index in [-0.39, 0.29) is 18.2 Å². The second-order valence-electron chi connectivity index (χ2n) is 4.09. The van der Waals surface area contributed by atoms with Crippen LogP contribution in [0.15, 0.2) is 24.3 Å². The van der Waals surface area contributed by atoms with Crippen LogP contribution < -0.4 is 10.2 Å². The highest BCUT2D eigenvalue weighted by Gasteiger charge is 2.28. The molecule has 5 heteroatoms. The van der Waals surface area contributed by atoms with Gasteiger partial charge in [0, 0.05) is 18.3 Å². The van der Waals surface area contributed by atoms with Crippen LogP contribution in [0.3, 0.4) is 0 Å². The molecule has 1 fully saturated rings. The van der Waals surface area contributed by atoms with Crippen LogP contribution in [0, 0.1) is 0 Å². The molecule has 1 atom stereocenters. The predicted molar refractivity (Wildman–Crippen MR) is 63.7 cm³/mol. The molecule has 0 bridgehead atoms. The number of β-amino-alcohol motifs (C(OH)–C–C–N with tert-alkyl or cyclic N) is 1. The van der Waals surface area contributed by atoms with E-state index in [1.54, 1.807) is 29.2 Å². The minimum Gasteiger partial charge on any atom is -0.391 e. The third-order valence-corrected chi connectivity index (χ3v) is 2.60. The number of aliphatic hydroxyl groups is 1. The normalized spacial score (nSPS) is 19.5. The molecule has 1 aliphatic rings. The smallest absolute Gasteiger partial charge is 0.229 e. The third kappa shape index (κ3) is 2.62. The Bertz CT molecular complexity index is 442. The zero-order chi connectivity index (χ0) is 12.4. The Morgan fingerprint density at radius 3 is 2.53 bits per heavy atom. The molecule has 1 aromatic carbocycles. The molecule has 1 aromatic rings. The Hall–Kier alpha value is -1.88. The first-order valence-corrected chi connectivity index (χ1v) is 5.42. The largest absolute Gasteiger partial charge is 0.391 e. The summed E-state index contributed by atoms with van der Waals surface area (Å²) in [5, 5.41) is 12.0. The Labute approximate surface area is 99.0 Å². The minimum absolute atomic E-state index is 0.0789. The first kappa shape index (κ1) is 11.6. The Morgan fingerprint density at radius 1 is 1.41 bits per heavy atom. The second-order valence-corrected chi connectivity index (χ2v) is 4.09. The van der Waals surface area contributed by atoms with Gasteiger partial charge in [0.15, 0.2) is 0 Å². The van der Waals surface area contributed by atoms with E-state index < -0.39 is 6.10 Å². The standard InChI is InChI=1S/C12H14N2O3/c1-8(15)13-9-2-4-10(5-3-9)14-7-11(16)6-12(14)17/h2-5,11,16H,6-7H2,1H3,(H,13,15). The van der Waals surface area contributed by atoms with E-state index in [1.807, 2.05) is 0 Å². The molecule has 0 radical (unpaired) electrons. The van der Waals surface area contributed by atoms with E-state index in [0.29, 0.717) is 12.2 Å². The molecular weight excluding hydrogens is 220 g/mol. The summed E-state index contributed by atoms with van der Waals surface area (Å²) in [5.74, 6) is -0.213. The quantitative estimate of drug-likeness (QED) is 0.793. The highest BCUT2D eigenvalue weighted by Crippen LogP contribution is 2.23. The van der Waals surface area contributed by atoms with Gasteiger partial charge in [-0.05, 0) is 24.3 Å². The van der Waals surface area contributed by atoms with E-state index in [4.69, 9.17) is 0 Å². The minimum atomic E-state index is -0.586. The summed E-state index contributed by atoms with van der Waals surface area (Å²) in [6.45, 7) is 1.77. The Balaban J connectivity index is 2.12. The van der Waals surface area contributed by atoms with Gasteiger partial charge in [-0.2, -0.15) is 0 Å². The maximum Gasteiger partial charge on any atom is 0.229 e. The Morgan fingerprint density at radius 2 is 2.06 bits per heavy atom. The van der Waals surface area contributed by atoms with Gasteiger partial charge in [-0.25, -0.2) is 0 Å². The molecule has 1 aliphatic heterocycles. The summed E-state index contributed by atoms with van der Waals surface area (Å²) in [6.07, 6.45) is -0.412. The fourth-order valence-electron chi connectivity index (χ4n) is 1.87. The maximum absolute atomic E-state index is 11.5. The summed E-state index contributed by atoms with van der Waals surface area (Å²) in [6, 6.07) is 6.96. The summed E-state index contributed by atoms with van der Waals surface area (Å²) in [5.41, 5.74) is 1.43. The average Bonchev–Trinajstić information content (AvgIpc) is 2.58. The fourth-order valence-corrected chi connectivity index (χ4v) is 1.87. The maximum atomic E-state index is 11.5. The molecule has 1 heterocycles. The van der Waals surface area contributed by atoms with E-state index in [1.165, 1.54) is 6.92 Å². The van der Waals surface area contributed by atoms with Gasteiger partial charge >= 0.3 is 0 Å². The molecule has 2 amide bonds. The molecule has 0 spiro atoms. The van der Waals surface area contributed by atoms with Crippen molar-refractivity contribution in [3.05, 3.63) is 24.3 Å². The zero-order valence-electron chi connectivity index (χ0n) is 9.51. The van der Waals surface area contributed by atoms with Crippen LogP contribution in [-0.2, 0) is 9.59 Å². The lowest BCUT2D eigenvalue weighted by molar-refractivity contribution is -0.117. The van der Waals surface area contributed by atoms with Crippen LogP contribution in [0.4, 0.5) is 11.4 Å². The van der Waals surface area contributed by atoms with Crippen molar-refractivity contribution >= 4 is 23.2 Å². The van der Waals surface area contributed by atoms with Crippen LogP contribution >= 0.6 is 0 Å². The molecule has 1 saturated heterocycles. The molecule has 90 valence electrons. The SMILES string of the molecule is CC(=O)Nc1ccc(N2CC(O)CC2=O)cc1. The first-order valence-electron chi connectivity index (χ1n) is 5.42. The number of aliphatic hydroxyl groups excluding tert-OH is 1. The van der Waals surface area contributed by atoms with Crippen molar-refractivity contribution in [2.24, 2.45) is 0 Å².